The molecule has 134 valence electrons. The van der Waals surface area contributed by atoms with E-state index in [1.807, 2.05) is 0 Å². The second kappa shape index (κ2) is 7.58. The van der Waals surface area contributed by atoms with E-state index in [1.165, 1.54) is 6.92 Å². The van der Waals surface area contributed by atoms with Crippen LogP contribution in [0.3, 0.4) is 0 Å². The van der Waals surface area contributed by atoms with Gasteiger partial charge in [0.2, 0.25) is 17.7 Å². The fraction of sp³-hybridized carbons (Fsp3) is 0.211. The van der Waals surface area contributed by atoms with E-state index in [9.17, 15) is 14.4 Å². The Morgan fingerprint density at radius 2 is 1.81 bits per heavy atom. The highest BCUT2D eigenvalue weighted by atomic mass is 35.5. The van der Waals surface area contributed by atoms with Crippen LogP contribution in [0.25, 0.3) is 0 Å². The molecule has 1 aliphatic rings. The van der Waals surface area contributed by atoms with Gasteiger partial charge in [-0.25, -0.2) is 0 Å². The van der Waals surface area contributed by atoms with Gasteiger partial charge in [0.05, 0.1) is 5.92 Å². The van der Waals surface area contributed by atoms with Crippen molar-refractivity contribution in [2.24, 2.45) is 5.92 Å². The molecule has 0 radical (unpaired) electrons. The van der Waals surface area contributed by atoms with Crippen LogP contribution in [0.15, 0.2) is 48.5 Å². The Balaban J connectivity index is 1.69. The summed E-state index contributed by atoms with van der Waals surface area (Å²) >= 11 is 5.84. The van der Waals surface area contributed by atoms with Gasteiger partial charge >= 0.3 is 0 Å². The van der Waals surface area contributed by atoms with Crippen LogP contribution in [0.1, 0.15) is 13.3 Å². The van der Waals surface area contributed by atoms with Crippen LogP contribution in [-0.2, 0) is 14.4 Å². The summed E-state index contributed by atoms with van der Waals surface area (Å²) < 4.78 is 0. The van der Waals surface area contributed by atoms with Gasteiger partial charge in [0.1, 0.15) is 0 Å². The lowest BCUT2D eigenvalue weighted by atomic mass is 10.1. The zero-order chi connectivity index (χ0) is 18.7. The fourth-order valence-corrected chi connectivity index (χ4v) is 2.99. The molecule has 0 aromatic heterocycles. The van der Waals surface area contributed by atoms with E-state index >= 15 is 0 Å². The number of hydrogen-bond acceptors (Lipinski definition) is 3. The van der Waals surface area contributed by atoms with Crippen molar-refractivity contribution < 1.29 is 14.4 Å². The van der Waals surface area contributed by atoms with Crippen molar-refractivity contribution in [1.29, 1.82) is 0 Å². The number of benzene rings is 2. The number of anilines is 3. The Bertz CT molecular complexity index is 851. The molecule has 1 fully saturated rings. The minimum atomic E-state index is -0.442. The molecule has 2 aromatic rings. The molecule has 1 unspecified atom stereocenters. The van der Waals surface area contributed by atoms with Gasteiger partial charge in [-0.2, -0.15) is 0 Å². The second-order valence-corrected chi connectivity index (χ2v) is 6.57. The molecule has 6 nitrogen and oxygen atoms in total. The lowest BCUT2D eigenvalue weighted by molar-refractivity contribution is -0.122. The topological polar surface area (TPSA) is 78.5 Å². The van der Waals surface area contributed by atoms with Crippen molar-refractivity contribution in [3.63, 3.8) is 0 Å². The van der Waals surface area contributed by atoms with Crippen LogP contribution >= 0.6 is 11.6 Å². The SMILES string of the molecule is CC(=O)Nc1cccc(N2CC(C(=O)Nc3ccc(Cl)cc3)CC2=O)c1. The fourth-order valence-electron chi connectivity index (χ4n) is 2.87. The van der Waals surface area contributed by atoms with Crippen LogP contribution in [-0.4, -0.2) is 24.3 Å². The van der Waals surface area contributed by atoms with Crippen LogP contribution in [0.5, 0.6) is 0 Å². The first kappa shape index (κ1) is 17.9. The second-order valence-electron chi connectivity index (χ2n) is 6.13. The average molecular weight is 372 g/mol. The van der Waals surface area contributed by atoms with Gasteiger partial charge in [0.15, 0.2) is 0 Å². The summed E-state index contributed by atoms with van der Waals surface area (Å²) in [6.07, 6.45) is 0.143. The Kier molecular flexibility index (Phi) is 5.23. The largest absolute Gasteiger partial charge is 0.326 e. The highest BCUT2D eigenvalue weighted by Crippen LogP contribution is 2.28. The number of carbonyl (C=O) groups is 3. The average Bonchev–Trinajstić information content (AvgIpc) is 2.98. The predicted molar refractivity (Wildman–Crippen MR) is 101 cm³/mol. The van der Waals surface area contributed by atoms with E-state index < -0.39 is 5.92 Å². The normalized spacial score (nSPS) is 16.5. The molecule has 1 saturated heterocycles. The Hall–Kier alpha value is -2.86. The number of hydrogen-bond donors (Lipinski definition) is 2. The molecule has 26 heavy (non-hydrogen) atoms. The van der Waals surface area contributed by atoms with Gasteiger partial charge in [-0.3, -0.25) is 14.4 Å². The minimum absolute atomic E-state index is 0.124. The van der Waals surface area contributed by atoms with E-state index in [0.29, 0.717) is 28.6 Å². The maximum absolute atomic E-state index is 12.5. The molecule has 0 spiro atoms. The highest BCUT2D eigenvalue weighted by Gasteiger charge is 2.35. The molecule has 0 aliphatic carbocycles. The van der Waals surface area contributed by atoms with E-state index in [4.69, 9.17) is 11.6 Å². The molecule has 2 N–H and O–H groups in total. The van der Waals surface area contributed by atoms with E-state index in [-0.39, 0.29) is 24.1 Å². The maximum atomic E-state index is 12.5. The maximum Gasteiger partial charge on any atom is 0.229 e. The van der Waals surface area contributed by atoms with Crippen LogP contribution < -0.4 is 15.5 Å². The Labute approximate surface area is 156 Å². The molecule has 1 atom stereocenters. The van der Waals surface area contributed by atoms with Crippen molar-refractivity contribution in [2.45, 2.75) is 13.3 Å². The monoisotopic (exact) mass is 371 g/mol. The molecule has 3 amide bonds. The van der Waals surface area contributed by atoms with E-state index in [0.717, 1.165) is 0 Å². The Morgan fingerprint density at radius 1 is 1.08 bits per heavy atom. The van der Waals surface area contributed by atoms with Crippen molar-refractivity contribution in [2.75, 3.05) is 22.1 Å². The molecule has 0 bridgehead atoms. The predicted octanol–water partition coefficient (Wildman–Crippen LogP) is 3.29. The molecule has 1 aliphatic heterocycles. The van der Waals surface area contributed by atoms with Gasteiger partial charge in [0, 0.05) is 42.0 Å². The van der Waals surface area contributed by atoms with Gasteiger partial charge in [-0.05, 0) is 42.5 Å². The molecule has 7 heteroatoms. The standard InChI is InChI=1S/C19H18ClN3O3/c1-12(24)21-16-3-2-4-17(10-16)23-11-13(9-18(23)25)19(26)22-15-7-5-14(20)6-8-15/h2-8,10,13H,9,11H2,1H3,(H,21,24)(H,22,26). The molecular weight excluding hydrogens is 354 g/mol. The molecule has 2 aromatic carbocycles. The molecule has 1 heterocycles. The number of carbonyl (C=O) groups excluding carboxylic acids is 3. The van der Waals surface area contributed by atoms with Crippen LogP contribution in [0.4, 0.5) is 17.1 Å². The third-order valence-electron chi connectivity index (χ3n) is 4.09. The summed E-state index contributed by atoms with van der Waals surface area (Å²) in [5.74, 6) is -0.958. The van der Waals surface area contributed by atoms with Crippen molar-refractivity contribution in [1.82, 2.24) is 0 Å². The lowest BCUT2D eigenvalue weighted by Gasteiger charge is -2.18. The van der Waals surface area contributed by atoms with Crippen LogP contribution in [0, 0.1) is 5.92 Å². The lowest BCUT2D eigenvalue weighted by Crippen LogP contribution is -2.28. The number of amides is 3. The smallest absolute Gasteiger partial charge is 0.229 e. The highest BCUT2D eigenvalue weighted by molar-refractivity contribution is 6.30. The summed E-state index contributed by atoms with van der Waals surface area (Å²) in [4.78, 5) is 37.6. The molecule has 3 rings (SSSR count). The van der Waals surface area contributed by atoms with Gasteiger partial charge in [0.25, 0.3) is 0 Å². The van der Waals surface area contributed by atoms with E-state index in [2.05, 4.69) is 10.6 Å². The Morgan fingerprint density at radius 3 is 2.50 bits per heavy atom. The van der Waals surface area contributed by atoms with Crippen molar-refractivity contribution in [3.8, 4) is 0 Å². The summed E-state index contributed by atoms with van der Waals surface area (Å²) in [5.41, 5.74) is 1.90. The summed E-state index contributed by atoms with van der Waals surface area (Å²) in [7, 11) is 0. The molecule has 0 saturated carbocycles. The first-order chi connectivity index (χ1) is 12.4. The summed E-state index contributed by atoms with van der Waals surface area (Å²) in [6.45, 7) is 1.71. The van der Waals surface area contributed by atoms with Gasteiger partial charge < -0.3 is 15.5 Å². The number of rotatable bonds is 4. The number of nitrogens with zero attached hydrogens (tertiary/aromatic N) is 1. The third kappa shape index (κ3) is 4.21. The first-order valence-electron chi connectivity index (χ1n) is 8.17. The summed E-state index contributed by atoms with van der Waals surface area (Å²) in [6, 6.07) is 13.8. The van der Waals surface area contributed by atoms with E-state index in [1.54, 1.807) is 53.4 Å². The van der Waals surface area contributed by atoms with Crippen molar-refractivity contribution >= 4 is 46.4 Å². The number of nitrogens with one attached hydrogen (secondary N) is 2. The zero-order valence-corrected chi connectivity index (χ0v) is 14.9. The number of halogens is 1. The quantitative estimate of drug-likeness (QED) is 0.865. The minimum Gasteiger partial charge on any atom is -0.326 e. The third-order valence-corrected chi connectivity index (χ3v) is 4.34. The summed E-state index contributed by atoms with van der Waals surface area (Å²) in [5, 5.41) is 6.08. The zero-order valence-electron chi connectivity index (χ0n) is 14.2. The van der Waals surface area contributed by atoms with Gasteiger partial charge in [-0.1, -0.05) is 17.7 Å². The van der Waals surface area contributed by atoms with Crippen molar-refractivity contribution in [3.05, 3.63) is 53.6 Å². The van der Waals surface area contributed by atoms with Gasteiger partial charge in [-0.15, -0.1) is 0 Å². The first-order valence-corrected chi connectivity index (χ1v) is 8.54. The molecular formula is C19H18ClN3O3. The van der Waals surface area contributed by atoms with Crippen LogP contribution in [0.2, 0.25) is 5.02 Å².